The molecule has 0 radical (unpaired) electrons. The van der Waals surface area contributed by atoms with Crippen LogP contribution in [0.1, 0.15) is 24.2 Å². The molecule has 4 nitrogen and oxygen atoms in total. The molecule has 1 atom stereocenters. The molecule has 0 aliphatic heterocycles. The monoisotopic (exact) mass is 269 g/mol. The number of methoxy groups -OCH3 is 1. The number of hydrogen-bond acceptors (Lipinski definition) is 4. The number of carbonyl (C=O) groups excluding carboxylic acids is 1. The zero-order valence-electron chi connectivity index (χ0n) is 10.9. The van der Waals surface area contributed by atoms with Crippen molar-refractivity contribution >= 4 is 17.7 Å². The third-order valence-electron chi connectivity index (χ3n) is 2.41. The molecule has 0 bridgehead atoms. The average molecular weight is 269 g/mol. The second-order valence-electron chi connectivity index (χ2n) is 3.89. The van der Waals surface area contributed by atoms with Gasteiger partial charge in [-0.15, -0.1) is 0 Å². The van der Waals surface area contributed by atoms with Gasteiger partial charge in [-0.25, -0.2) is 0 Å². The lowest BCUT2D eigenvalue weighted by molar-refractivity contribution is 0.0940. The van der Waals surface area contributed by atoms with E-state index in [1.54, 1.807) is 30.0 Å². The van der Waals surface area contributed by atoms with Crippen LogP contribution in [0.5, 0.6) is 11.5 Å². The molecule has 0 heterocycles. The highest BCUT2D eigenvalue weighted by Crippen LogP contribution is 2.29. The second-order valence-corrected chi connectivity index (χ2v) is 5.21. The first kappa shape index (κ1) is 14.7. The van der Waals surface area contributed by atoms with Gasteiger partial charge in [-0.1, -0.05) is 13.0 Å². The Bertz CT molecular complexity index is 409. The van der Waals surface area contributed by atoms with Crippen molar-refractivity contribution in [1.82, 2.24) is 5.32 Å². The van der Waals surface area contributed by atoms with E-state index < -0.39 is 0 Å². The zero-order valence-corrected chi connectivity index (χ0v) is 11.7. The molecule has 5 heteroatoms. The van der Waals surface area contributed by atoms with Gasteiger partial charge in [0.1, 0.15) is 0 Å². The summed E-state index contributed by atoms with van der Waals surface area (Å²) in [4.78, 5) is 12.0. The van der Waals surface area contributed by atoms with Crippen LogP contribution >= 0.6 is 11.8 Å². The van der Waals surface area contributed by atoms with Crippen molar-refractivity contribution in [1.29, 1.82) is 0 Å². The summed E-state index contributed by atoms with van der Waals surface area (Å²) in [5.74, 6) is 1.78. The maximum atomic E-state index is 12.0. The molecule has 1 rings (SSSR count). The van der Waals surface area contributed by atoms with Crippen molar-refractivity contribution in [2.24, 2.45) is 0 Å². The fraction of sp³-hybridized carbons (Fsp3) is 0.462. The first-order valence-corrected chi connectivity index (χ1v) is 7.00. The maximum Gasteiger partial charge on any atom is 0.255 e. The lowest BCUT2D eigenvalue weighted by atomic mass is 10.1. The van der Waals surface area contributed by atoms with Crippen LogP contribution in [0, 0.1) is 0 Å². The molecular weight excluding hydrogens is 250 g/mol. The van der Waals surface area contributed by atoms with Gasteiger partial charge in [-0.3, -0.25) is 4.79 Å². The van der Waals surface area contributed by atoms with Crippen LogP contribution in [0.15, 0.2) is 18.2 Å². The van der Waals surface area contributed by atoms with Gasteiger partial charge < -0.3 is 15.2 Å². The van der Waals surface area contributed by atoms with Crippen molar-refractivity contribution in [2.45, 2.75) is 19.9 Å². The number of benzene rings is 1. The molecular formula is C13H19NO3S. The molecule has 1 amide bonds. The van der Waals surface area contributed by atoms with Crippen LogP contribution in [-0.4, -0.2) is 35.7 Å². The first-order chi connectivity index (χ1) is 8.60. The van der Waals surface area contributed by atoms with Crippen molar-refractivity contribution in [3.63, 3.8) is 0 Å². The molecule has 1 aromatic carbocycles. The van der Waals surface area contributed by atoms with Crippen molar-refractivity contribution in [3.8, 4) is 11.5 Å². The van der Waals surface area contributed by atoms with E-state index in [0.717, 1.165) is 11.5 Å². The zero-order chi connectivity index (χ0) is 13.5. The average Bonchev–Trinajstić information content (AvgIpc) is 2.36. The Kier molecular flexibility index (Phi) is 5.85. The van der Waals surface area contributed by atoms with Gasteiger partial charge in [0.25, 0.3) is 5.91 Å². The summed E-state index contributed by atoms with van der Waals surface area (Å²) in [7, 11) is 1.46. The molecule has 18 heavy (non-hydrogen) atoms. The normalized spacial score (nSPS) is 11.9. The van der Waals surface area contributed by atoms with Crippen LogP contribution in [0.4, 0.5) is 0 Å². The fourth-order valence-corrected chi connectivity index (χ4v) is 2.18. The molecule has 0 aliphatic rings. The number of nitrogens with one attached hydrogen (secondary N) is 1. The van der Waals surface area contributed by atoms with Gasteiger partial charge in [0.2, 0.25) is 0 Å². The summed E-state index contributed by atoms with van der Waals surface area (Å²) >= 11 is 1.76. The van der Waals surface area contributed by atoms with Crippen molar-refractivity contribution in [2.75, 3.05) is 18.6 Å². The summed E-state index contributed by atoms with van der Waals surface area (Å²) < 4.78 is 4.97. The molecule has 1 unspecified atom stereocenters. The van der Waals surface area contributed by atoms with Gasteiger partial charge in [-0.05, 0) is 24.8 Å². The second kappa shape index (κ2) is 7.16. The predicted octanol–water partition coefficient (Wildman–Crippen LogP) is 2.27. The largest absolute Gasteiger partial charge is 0.504 e. The standard InChI is InChI=1S/C13H19NO3S/c1-4-18-8-9(2)14-13(16)10-6-5-7-11(17-3)12(10)15/h5-7,9,15H,4,8H2,1-3H3,(H,14,16). The number of aromatic hydroxyl groups is 1. The number of phenolic OH excluding ortho intramolecular Hbond substituents is 1. The van der Waals surface area contributed by atoms with Crippen molar-refractivity contribution in [3.05, 3.63) is 23.8 Å². The molecule has 0 aliphatic carbocycles. The number of carbonyl (C=O) groups is 1. The third-order valence-corrected chi connectivity index (χ3v) is 3.56. The summed E-state index contributed by atoms with van der Waals surface area (Å²) in [5.41, 5.74) is 0.239. The smallest absolute Gasteiger partial charge is 0.255 e. The number of phenols is 1. The summed E-state index contributed by atoms with van der Waals surface area (Å²) in [6.45, 7) is 4.02. The number of rotatable bonds is 6. The first-order valence-electron chi connectivity index (χ1n) is 5.84. The summed E-state index contributed by atoms with van der Waals surface area (Å²) in [6, 6.07) is 4.93. The van der Waals surface area contributed by atoms with E-state index in [9.17, 15) is 9.90 Å². The summed E-state index contributed by atoms with van der Waals surface area (Å²) in [5, 5.41) is 12.7. The van der Waals surface area contributed by atoms with Gasteiger partial charge in [0.05, 0.1) is 12.7 Å². The van der Waals surface area contributed by atoms with E-state index in [-0.39, 0.29) is 23.3 Å². The fourth-order valence-electron chi connectivity index (χ4n) is 1.51. The molecule has 0 saturated carbocycles. The van der Waals surface area contributed by atoms with Crippen LogP contribution in [0.25, 0.3) is 0 Å². The Morgan fingerprint density at radius 2 is 2.28 bits per heavy atom. The van der Waals surface area contributed by atoms with Gasteiger partial charge >= 0.3 is 0 Å². The van der Waals surface area contributed by atoms with Crippen LogP contribution in [0.2, 0.25) is 0 Å². The van der Waals surface area contributed by atoms with E-state index in [1.807, 2.05) is 6.92 Å². The van der Waals surface area contributed by atoms with E-state index in [2.05, 4.69) is 12.2 Å². The molecule has 0 fully saturated rings. The highest BCUT2D eigenvalue weighted by atomic mass is 32.2. The van der Waals surface area contributed by atoms with Gasteiger partial charge in [0, 0.05) is 11.8 Å². The van der Waals surface area contributed by atoms with E-state index in [1.165, 1.54) is 7.11 Å². The van der Waals surface area contributed by atoms with Crippen LogP contribution in [0.3, 0.4) is 0 Å². The Balaban J connectivity index is 2.72. The number of para-hydroxylation sites is 1. The van der Waals surface area contributed by atoms with E-state index in [4.69, 9.17) is 4.74 Å². The van der Waals surface area contributed by atoms with Crippen LogP contribution in [-0.2, 0) is 0 Å². The quantitative estimate of drug-likeness (QED) is 0.832. The molecule has 2 N–H and O–H groups in total. The maximum absolute atomic E-state index is 12.0. The predicted molar refractivity (Wildman–Crippen MR) is 74.6 cm³/mol. The molecule has 100 valence electrons. The SMILES string of the molecule is CCSCC(C)NC(=O)c1cccc(OC)c1O. The van der Waals surface area contributed by atoms with Crippen molar-refractivity contribution < 1.29 is 14.6 Å². The minimum absolute atomic E-state index is 0.0630. The third kappa shape index (κ3) is 3.84. The van der Waals surface area contributed by atoms with E-state index >= 15 is 0 Å². The van der Waals surface area contributed by atoms with Gasteiger partial charge in [0.15, 0.2) is 11.5 Å². The Labute approximate surface area is 112 Å². The van der Waals surface area contributed by atoms with Crippen LogP contribution < -0.4 is 10.1 Å². The number of hydrogen-bond donors (Lipinski definition) is 2. The number of thioether (sulfide) groups is 1. The topological polar surface area (TPSA) is 58.6 Å². The minimum atomic E-state index is -0.282. The Morgan fingerprint density at radius 3 is 2.89 bits per heavy atom. The minimum Gasteiger partial charge on any atom is -0.504 e. The number of amides is 1. The highest BCUT2D eigenvalue weighted by Gasteiger charge is 2.16. The molecule has 0 aromatic heterocycles. The molecule has 1 aromatic rings. The number of ether oxygens (including phenoxy) is 1. The lowest BCUT2D eigenvalue weighted by Gasteiger charge is -2.14. The van der Waals surface area contributed by atoms with E-state index in [0.29, 0.717) is 5.75 Å². The Morgan fingerprint density at radius 1 is 1.56 bits per heavy atom. The molecule has 0 saturated heterocycles. The Hall–Kier alpha value is -1.36. The molecule has 0 spiro atoms. The highest BCUT2D eigenvalue weighted by molar-refractivity contribution is 7.99. The van der Waals surface area contributed by atoms with Gasteiger partial charge in [-0.2, -0.15) is 11.8 Å². The lowest BCUT2D eigenvalue weighted by Crippen LogP contribution is -2.34. The summed E-state index contributed by atoms with van der Waals surface area (Å²) in [6.07, 6.45) is 0.